The summed E-state index contributed by atoms with van der Waals surface area (Å²) >= 11 is 5.66. The van der Waals surface area contributed by atoms with Crippen LogP contribution < -0.4 is 10.5 Å². The van der Waals surface area contributed by atoms with E-state index in [0.29, 0.717) is 11.3 Å². The number of ether oxygens (including phenoxy) is 2. The molecular weight excluding hydrogens is 297 g/mol. The average molecular weight is 310 g/mol. The van der Waals surface area contributed by atoms with Crippen LogP contribution in [-0.4, -0.2) is 13.1 Å². The second-order valence-corrected chi connectivity index (χ2v) is 4.65. The fraction of sp³-hybridized carbons (Fsp3) is 0.133. The van der Waals surface area contributed by atoms with E-state index in [-0.39, 0.29) is 22.9 Å². The third-order valence-electron chi connectivity index (χ3n) is 2.86. The smallest absolute Gasteiger partial charge is 0.340 e. The van der Waals surface area contributed by atoms with Gasteiger partial charge in [0.25, 0.3) is 0 Å². The molecule has 0 bridgehead atoms. The van der Waals surface area contributed by atoms with Gasteiger partial charge in [-0.2, -0.15) is 0 Å². The topological polar surface area (TPSA) is 61.5 Å². The molecule has 4 nitrogen and oxygen atoms in total. The molecule has 2 aromatic rings. The van der Waals surface area contributed by atoms with Crippen LogP contribution in [0.25, 0.3) is 0 Å². The Balaban J connectivity index is 2.10. The van der Waals surface area contributed by atoms with Crippen LogP contribution in [0.1, 0.15) is 15.9 Å². The summed E-state index contributed by atoms with van der Waals surface area (Å²) in [4.78, 5) is 12.0. The molecule has 2 rings (SSSR count). The second-order valence-electron chi connectivity index (χ2n) is 4.25. The number of hydrogen-bond donors (Lipinski definition) is 1. The van der Waals surface area contributed by atoms with Gasteiger partial charge in [0, 0.05) is 0 Å². The monoisotopic (exact) mass is 309 g/mol. The van der Waals surface area contributed by atoms with Crippen LogP contribution in [-0.2, 0) is 11.3 Å². The first-order valence-corrected chi connectivity index (χ1v) is 6.44. The highest BCUT2D eigenvalue weighted by Gasteiger charge is 2.14. The molecule has 0 fully saturated rings. The molecule has 0 radical (unpaired) electrons. The summed E-state index contributed by atoms with van der Waals surface area (Å²) in [6.07, 6.45) is 0. The third kappa shape index (κ3) is 3.44. The van der Waals surface area contributed by atoms with Gasteiger partial charge in [0.15, 0.2) is 0 Å². The summed E-state index contributed by atoms with van der Waals surface area (Å²) in [5, 5.41) is -0.0237. The van der Waals surface area contributed by atoms with Crippen molar-refractivity contribution in [2.24, 2.45) is 0 Å². The van der Waals surface area contributed by atoms with Crippen molar-refractivity contribution < 1.29 is 18.7 Å². The molecular formula is C15H13ClFNO3. The summed E-state index contributed by atoms with van der Waals surface area (Å²) in [6, 6.07) is 8.93. The highest BCUT2D eigenvalue weighted by Crippen LogP contribution is 2.25. The lowest BCUT2D eigenvalue weighted by molar-refractivity contribution is 0.0473. The molecule has 2 N–H and O–H groups in total. The van der Waals surface area contributed by atoms with Crippen LogP contribution >= 0.6 is 11.6 Å². The fourth-order valence-electron chi connectivity index (χ4n) is 1.76. The molecule has 0 unspecified atom stereocenters. The zero-order valence-corrected chi connectivity index (χ0v) is 12.0. The van der Waals surface area contributed by atoms with E-state index < -0.39 is 11.8 Å². The Morgan fingerprint density at radius 1 is 1.33 bits per heavy atom. The molecule has 21 heavy (non-hydrogen) atoms. The first-order valence-electron chi connectivity index (χ1n) is 6.06. The number of halogens is 2. The number of anilines is 1. The molecule has 0 aromatic heterocycles. The lowest BCUT2D eigenvalue weighted by Gasteiger charge is -2.10. The molecule has 0 aliphatic rings. The van der Waals surface area contributed by atoms with E-state index in [9.17, 15) is 9.18 Å². The Morgan fingerprint density at radius 3 is 2.76 bits per heavy atom. The van der Waals surface area contributed by atoms with Crippen molar-refractivity contribution in [1.29, 1.82) is 0 Å². The van der Waals surface area contributed by atoms with Crippen molar-refractivity contribution in [2.75, 3.05) is 12.8 Å². The van der Waals surface area contributed by atoms with Crippen molar-refractivity contribution >= 4 is 23.3 Å². The third-order valence-corrected chi connectivity index (χ3v) is 3.15. The molecule has 0 spiro atoms. The molecule has 0 saturated heterocycles. The minimum atomic E-state index is -0.591. The lowest BCUT2D eigenvalue weighted by Crippen LogP contribution is -2.09. The first-order chi connectivity index (χ1) is 10.0. The second kappa shape index (κ2) is 6.45. The van der Waals surface area contributed by atoms with Gasteiger partial charge in [0.05, 0.1) is 23.4 Å². The van der Waals surface area contributed by atoms with E-state index in [0.717, 1.165) is 0 Å². The SMILES string of the molecule is COc1cccc(C(=O)OCc2ccc(F)c(Cl)c2)c1N. The molecule has 110 valence electrons. The van der Waals surface area contributed by atoms with Crippen LogP contribution in [0.4, 0.5) is 10.1 Å². The van der Waals surface area contributed by atoms with Crippen LogP contribution in [0.3, 0.4) is 0 Å². The number of nitrogen functional groups attached to an aromatic ring is 1. The predicted octanol–water partition coefficient (Wildman–Crippen LogP) is 3.43. The highest BCUT2D eigenvalue weighted by molar-refractivity contribution is 6.30. The van der Waals surface area contributed by atoms with E-state index in [1.807, 2.05) is 0 Å². The van der Waals surface area contributed by atoms with Crippen LogP contribution in [0.15, 0.2) is 36.4 Å². The van der Waals surface area contributed by atoms with Gasteiger partial charge in [-0.1, -0.05) is 23.7 Å². The maximum Gasteiger partial charge on any atom is 0.340 e. The lowest BCUT2D eigenvalue weighted by atomic mass is 10.1. The maximum atomic E-state index is 13.0. The molecule has 0 saturated carbocycles. The van der Waals surface area contributed by atoms with Gasteiger partial charge in [-0.15, -0.1) is 0 Å². The Bertz CT molecular complexity index is 676. The molecule has 2 aromatic carbocycles. The molecule has 6 heteroatoms. The minimum absolute atomic E-state index is 0.0237. The van der Waals surface area contributed by atoms with Gasteiger partial charge in [0.1, 0.15) is 18.2 Å². The predicted molar refractivity (Wildman–Crippen MR) is 77.9 cm³/mol. The Hall–Kier alpha value is -2.27. The standard InChI is InChI=1S/C15H13ClFNO3/c1-20-13-4-2-3-10(14(13)18)15(19)21-8-9-5-6-12(17)11(16)7-9/h2-7H,8,18H2,1H3. The summed E-state index contributed by atoms with van der Waals surface area (Å²) in [7, 11) is 1.46. The van der Waals surface area contributed by atoms with Crippen molar-refractivity contribution in [2.45, 2.75) is 6.61 Å². The summed E-state index contributed by atoms with van der Waals surface area (Å²) in [6.45, 7) is -0.0323. The van der Waals surface area contributed by atoms with E-state index in [1.165, 1.54) is 31.4 Å². The van der Waals surface area contributed by atoms with Crippen molar-refractivity contribution in [1.82, 2.24) is 0 Å². The zero-order valence-electron chi connectivity index (χ0n) is 11.2. The number of para-hydroxylation sites is 1. The number of methoxy groups -OCH3 is 1. The van der Waals surface area contributed by atoms with Crippen LogP contribution in [0, 0.1) is 5.82 Å². The molecule has 0 amide bonds. The maximum absolute atomic E-state index is 13.0. The minimum Gasteiger partial charge on any atom is -0.495 e. The number of benzene rings is 2. The fourth-order valence-corrected chi connectivity index (χ4v) is 1.96. The number of nitrogens with two attached hydrogens (primary N) is 1. The molecule has 0 atom stereocenters. The van der Waals surface area contributed by atoms with Crippen LogP contribution in [0.5, 0.6) is 5.75 Å². The highest BCUT2D eigenvalue weighted by atomic mass is 35.5. The van der Waals surface area contributed by atoms with E-state index in [4.69, 9.17) is 26.8 Å². The number of carbonyl (C=O) groups is 1. The van der Waals surface area contributed by atoms with E-state index in [1.54, 1.807) is 12.1 Å². The van der Waals surface area contributed by atoms with E-state index in [2.05, 4.69) is 0 Å². The zero-order chi connectivity index (χ0) is 15.4. The number of rotatable bonds is 4. The molecule has 0 aliphatic heterocycles. The number of carbonyl (C=O) groups excluding carboxylic acids is 1. The number of esters is 1. The van der Waals surface area contributed by atoms with Gasteiger partial charge < -0.3 is 15.2 Å². The van der Waals surface area contributed by atoms with Crippen molar-refractivity contribution in [3.05, 3.63) is 58.4 Å². The van der Waals surface area contributed by atoms with Gasteiger partial charge in [-0.3, -0.25) is 0 Å². The van der Waals surface area contributed by atoms with Gasteiger partial charge >= 0.3 is 5.97 Å². The molecule has 0 heterocycles. The Morgan fingerprint density at radius 2 is 2.10 bits per heavy atom. The quantitative estimate of drug-likeness (QED) is 0.694. The van der Waals surface area contributed by atoms with Gasteiger partial charge in [0.2, 0.25) is 0 Å². The van der Waals surface area contributed by atoms with Crippen molar-refractivity contribution in [3.63, 3.8) is 0 Å². The summed E-state index contributed by atoms with van der Waals surface area (Å²) in [5.74, 6) is -0.718. The van der Waals surface area contributed by atoms with Crippen molar-refractivity contribution in [3.8, 4) is 5.75 Å². The molecule has 0 aliphatic carbocycles. The van der Waals surface area contributed by atoms with Gasteiger partial charge in [-0.25, -0.2) is 9.18 Å². The summed E-state index contributed by atoms with van der Waals surface area (Å²) in [5.41, 5.74) is 6.81. The summed E-state index contributed by atoms with van der Waals surface area (Å²) < 4.78 is 23.2. The first kappa shape index (κ1) is 15.1. The average Bonchev–Trinajstić information content (AvgIpc) is 2.48. The Kier molecular flexibility index (Phi) is 4.65. The van der Waals surface area contributed by atoms with Gasteiger partial charge in [-0.05, 0) is 29.8 Å². The largest absolute Gasteiger partial charge is 0.495 e. The normalized spacial score (nSPS) is 10.2. The number of hydrogen-bond acceptors (Lipinski definition) is 4. The van der Waals surface area contributed by atoms with E-state index >= 15 is 0 Å². The Labute approximate surface area is 126 Å². The van der Waals surface area contributed by atoms with Crippen LogP contribution in [0.2, 0.25) is 5.02 Å².